The van der Waals surface area contributed by atoms with Crippen LogP contribution in [0.4, 0.5) is 0 Å². The molecule has 1 aliphatic rings. The average Bonchev–Trinajstić information content (AvgIpc) is 2.11. The van der Waals surface area contributed by atoms with Crippen LogP contribution in [0.25, 0.3) is 0 Å². The molecule has 1 rings (SSSR count). The molecule has 3 nitrogen and oxygen atoms in total. The number of hydrogen-bond acceptors (Lipinski definition) is 3. The number of likely N-dealkylation sites (tertiary alicyclic amines) is 1. The number of hydrogen-bond donors (Lipinski definition) is 2. The number of nitrogens with zero attached hydrogens (tertiary/aromatic N) is 1. The summed E-state index contributed by atoms with van der Waals surface area (Å²) in [5.74, 6) is 0. The maximum Gasteiger partial charge on any atom is 0.0333 e. The highest BCUT2D eigenvalue weighted by molar-refractivity contribution is 4.97. The Balaban J connectivity index is 2.61. The minimum atomic E-state index is 0.181. The number of piperidine rings is 1. The Bertz CT molecular complexity index is 181. The van der Waals surface area contributed by atoms with Crippen LogP contribution in [0.15, 0.2) is 0 Å². The van der Waals surface area contributed by atoms with Crippen molar-refractivity contribution in [2.45, 2.75) is 51.2 Å². The van der Waals surface area contributed by atoms with E-state index in [-0.39, 0.29) is 5.54 Å². The molecule has 2 unspecified atom stereocenters. The van der Waals surface area contributed by atoms with Crippen LogP contribution in [-0.4, -0.2) is 42.7 Å². The molecule has 0 radical (unpaired) electrons. The first-order valence-electron chi connectivity index (χ1n) is 5.67. The van der Waals surface area contributed by atoms with Crippen molar-refractivity contribution in [2.75, 3.05) is 20.1 Å². The van der Waals surface area contributed by atoms with E-state index in [0.29, 0.717) is 12.1 Å². The molecule has 1 heterocycles. The number of nitrogens with one attached hydrogen (secondary N) is 1. The fourth-order valence-corrected chi connectivity index (χ4v) is 2.42. The quantitative estimate of drug-likeness (QED) is 0.706. The highest BCUT2D eigenvalue weighted by Crippen LogP contribution is 2.25. The first-order valence-corrected chi connectivity index (χ1v) is 5.67. The summed E-state index contributed by atoms with van der Waals surface area (Å²) < 4.78 is 0. The topological polar surface area (TPSA) is 41.3 Å². The highest BCUT2D eigenvalue weighted by atomic mass is 15.2. The van der Waals surface area contributed by atoms with Crippen molar-refractivity contribution in [3.63, 3.8) is 0 Å². The third-order valence-corrected chi connectivity index (χ3v) is 3.37. The van der Waals surface area contributed by atoms with Crippen molar-refractivity contribution in [2.24, 2.45) is 5.73 Å². The van der Waals surface area contributed by atoms with Gasteiger partial charge >= 0.3 is 0 Å². The lowest BCUT2D eigenvalue weighted by atomic mass is 9.83. The molecule has 0 aromatic rings. The molecule has 0 aromatic carbocycles. The van der Waals surface area contributed by atoms with Gasteiger partial charge in [-0.2, -0.15) is 0 Å². The second-order valence-electron chi connectivity index (χ2n) is 5.07. The summed E-state index contributed by atoms with van der Waals surface area (Å²) in [5, 5.41) is 3.64. The Hall–Kier alpha value is -0.120. The van der Waals surface area contributed by atoms with E-state index in [1.165, 1.54) is 6.42 Å². The van der Waals surface area contributed by atoms with E-state index < -0.39 is 0 Å². The van der Waals surface area contributed by atoms with E-state index in [2.05, 4.69) is 38.0 Å². The minimum absolute atomic E-state index is 0.181. The molecule has 1 fully saturated rings. The molecule has 2 atom stereocenters. The van der Waals surface area contributed by atoms with Gasteiger partial charge in [-0.1, -0.05) is 13.8 Å². The maximum atomic E-state index is 5.91. The van der Waals surface area contributed by atoms with Gasteiger partial charge in [0.25, 0.3) is 0 Å². The molecule has 0 bridgehead atoms. The molecule has 1 aliphatic heterocycles. The summed E-state index contributed by atoms with van der Waals surface area (Å²) in [6.07, 6.45) is 2.33. The zero-order chi connectivity index (χ0) is 10.8. The maximum absolute atomic E-state index is 5.91. The molecule has 1 saturated heterocycles. The van der Waals surface area contributed by atoms with Crippen molar-refractivity contribution in [3.8, 4) is 0 Å². The van der Waals surface area contributed by atoms with Crippen LogP contribution in [0, 0.1) is 0 Å². The van der Waals surface area contributed by atoms with E-state index >= 15 is 0 Å². The van der Waals surface area contributed by atoms with Gasteiger partial charge in [-0.05, 0) is 33.4 Å². The predicted octanol–water partition coefficient (Wildman–Crippen LogP) is 0.796. The average molecular weight is 199 g/mol. The Morgan fingerprint density at radius 1 is 1.57 bits per heavy atom. The molecular formula is C11H25N3. The SMILES string of the molecule is CC(C)NC1(CN)CCN(C)C(C)C1. The zero-order valence-corrected chi connectivity index (χ0v) is 10.0. The molecule has 0 saturated carbocycles. The third-order valence-electron chi connectivity index (χ3n) is 3.37. The van der Waals surface area contributed by atoms with Crippen LogP contribution in [0.1, 0.15) is 33.6 Å². The van der Waals surface area contributed by atoms with Crippen molar-refractivity contribution in [1.29, 1.82) is 0 Å². The number of nitrogens with two attached hydrogens (primary N) is 1. The molecule has 0 aromatic heterocycles. The first kappa shape index (κ1) is 12.0. The van der Waals surface area contributed by atoms with Gasteiger partial charge in [0, 0.05) is 24.2 Å². The molecule has 14 heavy (non-hydrogen) atoms. The van der Waals surface area contributed by atoms with E-state index in [0.717, 1.165) is 19.5 Å². The van der Waals surface area contributed by atoms with Gasteiger partial charge < -0.3 is 16.0 Å². The van der Waals surface area contributed by atoms with Gasteiger partial charge in [0.2, 0.25) is 0 Å². The molecular weight excluding hydrogens is 174 g/mol. The molecule has 0 amide bonds. The lowest BCUT2D eigenvalue weighted by Gasteiger charge is -2.45. The van der Waals surface area contributed by atoms with Gasteiger partial charge in [0.05, 0.1) is 0 Å². The van der Waals surface area contributed by atoms with Crippen molar-refractivity contribution >= 4 is 0 Å². The summed E-state index contributed by atoms with van der Waals surface area (Å²) >= 11 is 0. The standard InChI is InChI=1S/C11H25N3/c1-9(2)13-11(8-12)5-6-14(4)10(3)7-11/h9-10,13H,5-8,12H2,1-4H3. The minimum Gasteiger partial charge on any atom is -0.329 e. The van der Waals surface area contributed by atoms with Crippen LogP contribution in [0.5, 0.6) is 0 Å². The Labute approximate surface area is 88.0 Å². The van der Waals surface area contributed by atoms with Crippen LogP contribution < -0.4 is 11.1 Å². The first-order chi connectivity index (χ1) is 6.49. The Morgan fingerprint density at radius 2 is 2.21 bits per heavy atom. The summed E-state index contributed by atoms with van der Waals surface area (Å²) in [7, 11) is 2.19. The molecule has 3 N–H and O–H groups in total. The summed E-state index contributed by atoms with van der Waals surface area (Å²) in [6, 6.07) is 1.16. The van der Waals surface area contributed by atoms with Gasteiger partial charge in [-0.15, -0.1) is 0 Å². The van der Waals surface area contributed by atoms with E-state index in [9.17, 15) is 0 Å². The van der Waals surface area contributed by atoms with E-state index in [1.807, 2.05) is 0 Å². The van der Waals surface area contributed by atoms with Crippen molar-refractivity contribution in [1.82, 2.24) is 10.2 Å². The second-order valence-corrected chi connectivity index (χ2v) is 5.07. The lowest BCUT2D eigenvalue weighted by Crippen LogP contribution is -2.61. The second kappa shape index (κ2) is 4.60. The molecule has 0 spiro atoms. The van der Waals surface area contributed by atoms with E-state index in [4.69, 9.17) is 5.73 Å². The molecule has 3 heteroatoms. The van der Waals surface area contributed by atoms with E-state index in [1.54, 1.807) is 0 Å². The summed E-state index contributed by atoms with van der Waals surface area (Å²) in [6.45, 7) is 8.58. The van der Waals surface area contributed by atoms with Crippen LogP contribution >= 0.6 is 0 Å². The highest BCUT2D eigenvalue weighted by Gasteiger charge is 2.35. The Kier molecular flexibility index (Phi) is 3.93. The summed E-state index contributed by atoms with van der Waals surface area (Å²) in [5.41, 5.74) is 6.09. The largest absolute Gasteiger partial charge is 0.329 e. The predicted molar refractivity (Wildman–Crippen MR) is 61.4 cm³/mol. The van der Waals surface area contributed by atoms with Crippen molar-refractivity contribution < 1.29 is 0 Å². The lowest BCUT2D eigenvalue weighted by molar-refractivity contribution is 0.105. The third kappa shape index (κ3) is 2.69. The van der Waals surface area contributed by atoms with Crippen LogP contribution in [-0.2, 0) is 0 Å². The number of rotatable bonds is 3. The van der Waals surface area contributed by atoms with Gasteiger partial charge in [0.15, 0.2) is 0 Å². The summed E-state index contributed by atoms with van der Waals surface area (Å²) in [4.78, 5) is 2.41. The fourth-order valence-electron chi connectivity index (χ4n) is 2.42. The molecule has 84 valence electrons. The molecule has 0 aliphatic carbocycles. The normalized spacial score (nSPS) is 35.1. The van der Waals surface area contributed by atoms with Gasteiger partial charge in [0.1, 0.15) is 0 Å². The Morgan fingerprint density at radius 3 is 2.64 bits per heavy atom. The van der Waals surface area contributed by atoms with Crippen LogP contribution in [0.3, 0.4) is 0 Å². The smallest absolute Gasteiger partial charge is 0.0333 e. The van der Waals surface area contributed by atoms with Gasteiger partial charge in [-0.3, -0.25) is 0 Å². The van der Waals surface area contributed by atoms with Crippen molar-refractivity contribution in [3.05, 3.63) is 0 Å². The van der Waals surface area contributed by atoms with Gasteiger partial charge in [-0.25, -0.2) is 0 Å². The zero-order valence-electron chi connectivity index (χ0n) is 10.0. The van der Waals surface area contributed by atoms with Crippen LogP contribution in [0.2, 0.25) is 0 Å². The monoisotopic (exact) mass is 199 g/mol. The fraction of sp³-hybridized carbons (Fsp3) is 1.00.